The lowest BCUT2D eigenvalue weighted by Crippen LogP contribution is -2.53. The lowest BCUT2D eigenvalue weighted by molar-refractivity contribution is -0.131. The molecule has 1 aromatic rings. The minimum atomic E-state index is -1.83. The smallest absolute Gasteiger partial charge is 0.408 e. The number of rotatable bonds is 11. The van der Waals surface area contributed by atoms with E-state index in [0.717, 1.165) is 0 Å². The van der Waals surface area contributed by atoms with Crippen LogP contribution in [0, 0.1) is 35.1 Å². The number of alkyl carbamates (subject to hydrolysis) is 1. The van der Waals surface area contributed by atoms with E-state index >= 15 is 0 Å². The SMILES string of the molecule is CC(C)CC(NC(=O)OC(C)(C)C)C(=O)NC(C[C@@H]1CCNC1=O)C(=O)COc1c(F)c(F)cc(F)c1F. The van der Waals surface area contributed by atoms with Gasteiger partial charge in [0.05, 0.1) is 6.04 Å². The Labute approximate surface area is 218 Å². The van der Waals surface area contributed by atoms with Crippen LogP contribution in [-0.2, 0) is 19.1 Å². The van der Waals surface area contributed by atoms with Gasteiger partial charge in [0, 0.05) is 18.5 Å². The van der Waals surface area contributed by atoms with Gasteiger partial charge in [-0.3, -0.25) is 14.4 Å². The molecule has 0 aliphatic carbocycles. The third kappa shape index (κ3) is 8.88. The number of amides is 3. The normalized spacial score (nSPS) is 17.0. The maximum atomic E-state index is 14.0. The molecule has 0 aromatic heterocycles. The first-order chi connectivity index (χ1) is 17.6. The molecule has 2 rings (SSSR count). The van der Waals surface area contributed by atoms with Gasteiger partial charge in [0.1, 0.15) is 18.2 Å². The van der Waals surface area contributed by atoms with Crippen molar-refractivity contribution in [1.82, 2.24) is 16.0 Å². The second kappa shape index (κ2) is 12.9. The van der Waals surface area contributed by atoms with Gasteiger partial charge in [-0.05, 0) is 46.0 Å². The van der Waals surface area contributed by atoms with Crippen LogP contribution in [0.2, 0.25) is 0 Å². The Hall–Kier alpha value is -3.38. The average Bonchev–Trinajstić information content (AvgIpc) is 3.19. The average molecular weight is 548 g/mol. The van der Waals surface area contributed by atoms with Gasteiger partial charge < -0.3 is 25.4 Å². The molecule has 2 unspecified atom stereocenters. The molecule has 13 heteroatoms. The Balaban J connectivity index is 2.22. The van der Waals surface area contributed by atoms with E-state index in [1.807, 2.05) is 0 Å². The third-order valence-electron chi connectivity index (χ3n) is 5.53. The van der Waals surface area contributed by atoms with Gasteiger partial charge in [-0.1, -0.05) is 13.8 Å². The summed E-state index contributed by atoms with van der Waals surface area (Å²) in [5, 5.41) is 7.53. The Bertz CT molecular complexity index is 1030. The van der Waals surface area contributed by atoms with E-state index in [1.165, 1.54) is 0 Å². The molecule has 3 atom stereocenters. The highest BCUT2D eigenvalue weighted by molar-refractivity contribution is 5.93. The first-order valence-corrected chi connectivity index (χ1v) is 12.1. The Morgan fingerprint density at radius 2 is 1.66 bits per heavy atom. The molecular formula is C25H33F4N3O6. The summed E-state index contributed by atoms with van der Waals surface area (Å²) in [6.45, 7) is 7.81. The number of nitrogens with one attached hydrogen (secondary N) is 3. The van der Waals surface area contributed by atoms with Crippen molar-refractivity contribution in [3.63, 3.8) is 0 Å². The number of halogens is 4. The third-order valence-corrected chi connectivity index (χ3v) is 5.53. The zero-order valence-electron chi connectivity index (χ0n) is 21.9. The van der Waals surface area contributed by atoms with E-state index in [-0.39, 0.29) is 30.7 Å². The van der Waals surface area contributed by atoms with Crippen molar-refractivity contribution < 1.29 is 46.2 Å². The van der Waals surface area contributed by atoms with Crippen molar-refractivity contribution in [2.24, 2.45) is 11.8 Å². The summed E-state index contributed by atoms with van der Waals surface area (Å²) in [5.74, 6) is -11.3. The molecule has 212 valence electrons. The standard InChI is InChI=1S/C25H33F4N3O6/c1-12(2)8-17(32-24(36)38-25(3,4)5)23(35)31-16(9-13-6-7-30-22(13)34)18(33)11-37-21-19(28)14(26)10-15(27)20(21)29/h10,12-13,16-17H,6-9,11H2,1-5H3,(H,30,34)(H,31,35)(H,32,36)/t13-,16?,17?/m0/s1. The first-order valence-electron chi connectivity index (χ1n) is 12.1. The summed E-state index contributed by atoms with van der Waals surface area (Å²) < 4.78 is 64.9. The summed E-state index contributed by atoms with van der Waals surface area (Å²) in [4.78, 5) is 50.5. The molecule has 1 aliphatic rings. The molecule has 9 nitrogen and oxygen atoms in total. The fourth-order valence-electron chi connectivity index (χ4n) is 3.77. The van der Waals surface area contributed by atoms with Crippen LogP contribution in [0.25, 0.3) is 0 Å². The van der Waals surface area contributed by atoms with Crippen molar-refractivity contribution in [2.45, 2.75) is 71.6 Å². The van der Waals surface area contributed by atoms with Gasteiger partial charge in [0.2, 0.25) is 23.4 Å². The highest BCUT2D eigenvalue weighted by atomic mass is 19.2. The van der Waals surface area contributed by atoms with Crippen molar-refractivity contribution in [3.8, 4) is 5.75 Å². The molecule has 3 amide bonds. The number of ketones is 1. The Kier molecular flexibility index (Phi) is 10.5. The van der Waals surface area contributed by atoms with Crippen LogP contribution in [-0.4, -0.2) is 54.5 Å². The van der Waals surface area contributed by atoms with E-state index in [9.17, 15) is 36.7 Å². The summed E-state index contributed by atoms with van der Waals surface area (Å²) in [6.07, 6.45) is -0.503. The van der Waals surface area contributed by atoms with Crippen LogP contribution < -0.4 is 20.7 Å². The summed E-state index contributed by atoms with van der Waals surface area (Å²) in [7, 11) is 0. The molecule has 1 heterocycles. The zero-order valence-corrected chi connectivity index (χ0v) is 21.9. The number of hydrogen-bond acceptors (Lipinski definition) is 6. The van der Waals surface area contributed by atoms with Gasteiger partial charge in [-0.15, -0.1) is 0 Å². The molecule has 0 radical (unpaired) electrons. The molecular weight excluding hydrogens is 514 g/mol. The van der Waals surface area contributed by atoms with Crippen molar-refractivity contribution >= 4 is 23.7 Å². The Morgan fingerprint density at radius 3 is 2.16 bits per heavy atom. The number of benzene rings is 1. The van der Waals surface area contributed by atoms with Crippen molar-refractivity contribution in [3.05, 3.63) is 29.3 Å². The van der Waals surface area contributed by atoms with Crippen LogP contribution in [0.15, 0.2) is 6.07 Å². The molecule has 1 fully saturated rings. The van der Waals surface area contributed by atoms with Gasteiger partial charge in [-0.25, -0.2) is 13.6 Å². The van der Waals surface area contributed by atoms with Gasteiger partial charge in [0.25, 0.3) is 0 Å². The van der Waals surface area contributed by atoms with E-state index in [2.05, 4.69) is 16.0 Å². The molecule has 0 spiro atoms. The van der Waals surface area contributed by atoms with Crippen LogP contribution in [0.1, 0.15) is 53.9 Å². The molecule has 0 bridgehead atoms. The number of carbonyl (C=O) groups excluding carboxylic acids is 4. The van der Waals surface area contributed by atoms with E-state index in [1.54, 1.807) is 34.6 Å². The molecule has 3 N–H and O–H groups in total. The van der Waals surface area contributed by atoms with E-state index in [4.69, 9.17) is 9.47 Å². The largest absolute Gasteiger partial charge is 0.479 e. The van der Waals surface area contributed by atoms with Gasteiger partial charge in [-0.2, -0.15) is 8.78 Å². The number of Topliss-reactive ketones (excluding diaryl/α,β-unsaturated/α-hetero) is 1. The van der Waals surface area contributed by atoms with Crippen LogP contribution in [0.4, 0.5) is 22.4 Å². The fourth-order valence-corrected chi connectivity index (χ4v) is 3.77. The number of hydrogen-bond donors (Lipinski definition) is 3. The second-order valence-corrected chi connectivity index (χ2v) is 10.5. The zero-order chi connectivity index (χ0) is 28.8. The number of ether oxygens (including phenoxy) is 2. The summed E-state index contributed by atoms with van der Waals surface area (Å²) in [6, 6.07) is -2.50. The summed E-state index contributed by atoms with van der Waals surface area (Å²) >= 11 is 0. The predicted molar refractivity (Wildman–Crippen MR) is 127 cm³/mol. The van der Waals surface area contributed by atoms with Crippen LogP contribution >= 0.6 is 0 Å². The first kappa shape index (κ1) is 30.8. The predicted octanol–water partition coefficient (Wildman–Crippen LogP) is 3.14. The second-order valence-electron chi connectivity index (χ2n) is 10.5. The number of carbonyl (C=O) groups is 4. The molecule has 1 saturated heterocycles. The van der Waals surface area contributed by atoms with Crippen molar-refractivity contribution in [2.75, 3.05) is 13.2 Å². The lowest BCUT2D eigenvalue weighted by Gasteiger charge is -2.26. The minimum absolute atomic E-state index is 0.00634. The maximum Gasteiger partial charge on any atom is 0.408 e. The minimum Gasteiger partial charge on any atom is -0.479 e. The molecule has 1 aliphatic heterocycles. The highest BCUT2D eigenvalue weighted by Crippen LogP contribution is 2.27. The van der Waals surface area contributed by atoms with Gasteiger partial charge >= 0.3 is 6.09 Å². The lowest BCUT2D eigenvalue weighted by atomic mass is 9.95. The molecule has 1 aromatic carbocycles. The topological polar surface area (TPSA) is 123 Å². The quantitative estimate of drug-likeness (QED) is 0.289. The Morgan fingerprint density at radius 1 is 1.05 bits per heavy atom. The van der Waals surface area contributed by atoms with E-state index in [0.29, 0.717) is 13.0 Å². The monoisotopic (exact) mass is 547 g/mol. The molecule has 38 heavy (non-hydrogen) atoms. The fraction of sp³-hybridized carbons (Fsp3) is 0.600. The molecule has 0 saturated carbocycles. The van der Waals surface area contributed by atoms with Crippen molar-refractivity contribution in [1.29, 1.82) is 0 Å². The van der Waals surface area contributed by atoms with E-state index < -0.39 is 77.0 Å². The maximum absolute atomic E-state index is 14.0. The highest BCUT2D eigenvalue weighted by Gasteiger charge is 2.34. The van der Waals surface area contributed by atoms with Gasteiger partial charge in [0.15, 0.2) is 23.2 Å². The summed E-state index contributed by atoms with van der Waals surface area (Å²) in [5.41, 5.74) is -0.838. The van der Waals surface area contributed by atoms with Crippen LogP contribution in [0.5, 0.6) is 5.75 Å². The van der Waals surface area contributed by atoms with Crippen LogP contribution in [0.3, 0.4) is 0 Å².